The van der Waals surface area contributed by atoms with Crippen molar-refractivity contribution >= 4 is 6.09 Å². The van der Waals surface area contributed by atoms with Crippen LogP contribution in [0, 0.1) is 6.92 Å². The molecule has 0 saturated carbocycles. The lowest BCUT2D eigenvalue weighted by Crippen LogP contribution is -2.13. The Morgan fingerprint density at radius 1 is 1.62 bits per heavy atom. The van der Waals surface area contributed by atoms with Crippen LogP contribution >= 0.6 is 0 Å². The first kappa shape index (κ1) is 9.56. The first-order valence-electron chi connectivity index (χ1n) is 3.19. The van der Waals surface area contributed by atoms with Crippen molar-refractivity contribution in [3.8, 4) is 0 Å². The summed E-state index contributed by atoms with van der Waals surface area (Å²) in [6, 6.07) is 0.675. The molecule has 0 amide bonds. The van der Waals surface area contributed by atoms with E-state index in [0.717, 1.165) is 0 Å². The minimum Gasteiger partial charge on any atom is -0.463 e. The summed E-state index contributed by atoms with van der Waals surface area (Å²) in [5.74, 6) is 0. The summed E-state index contributed by atoms with van der Waals surface area (Å²) < 4.78 is 36.2. The summed E-state index contributed by atoms with van der Waals surface area (Å²) in [7, 11) is 0. The molecule has 0 radical (unpaired) electrons. The number of carbonyl (C=O) groups is 1. The zero-order valence-corrected chi connectivity index (χ0v) is 6.46. The molecule has 0 fully saturated rings. The quantitative estimate of drug-likeness (QED) is 0.684. The van der Waals surface area contributed by atoms with Crippen molar-refractivity contribution in [3.05, 3.63) is 17.5 Å². The second-order valence-electron chi connectivity index (χ2n) is 2.36. The summed E-state index contributed by atoms with van der Waals surface area (Å²) in [6.45, 7) is 1.23. The van der Waals surface area contributed by atoms with Crippen LogP contribution in [0.25, 0.3) is 0 Å². The van der Waals surface area contributed by atoms with Crippen molar-refractivity contribution < 1.29 is 23.1 Å². The first-order chi connectivity index (χ1) is 5.82. The lowest BCUT2D eigenvalue weighted by atomic mass is 10.4. The number of halogens is 3. The Kier molecular flexibility index (Phi) is 2.02. The van der Waals surface area contributed by atoms with Gasteiger partial charge >= 0.3 is 12.3 Å². The van der Waals surface area contributed by atoms with Crippen molar-refractivity contribution in [2.75, 3.05) is 0 Å². The smallest absolute Gasteiger partial charge is 0.435 e. The SMILES string of the molecule is Cc1cc(C(F)(F)F)nn1C(=O)O. The second kappa shape index (κ2) is 2.75. The fourth-order valence-electron chi connectivity index (χ4n) is 0.807. The summed E-state index contributed by atoms with van der Waals surface area (Å²) in [4.78, 5) is 10.3. The first-order valence-corrected chi connectivity index (χ1v) is 3.19. The maximum atomic E-state index is 12.0. The molecule has 13 heavy (non-hydrogen) atoms. The van der Waals surface area contributed by atoms with E-state index in [0.29, 0.717) is 6.07 Å². The van der Waals surface area contributed by atoms with E-state index in [1.807, 2.05) is 0 Å². The molecule has 7 heteroatoms. The Balaban J connectivity index is 3.17. The molecule has 0 aliphatic rings. The molecular weight excluding hydrogens is 189 g/mol. The molecule has 0 aliphatic heterocycles. The third-order valence-corrected chi connectivity index (χ3v) is 1.36. The number of carboxylic acid groups (broad SMARTS) is 1. The van der Waals surface area contributed by atoms with E-state index in [2.05, 4.69) is 5.10 Å². The fourth-order valence-corrected chi connectivity index (χ4v) is 0.807. The lowest BCUT2D eigenvalue weighted by molar-refractivity contribution is -0.141. The van der Waals surface area contributed by atoms with Gasteiger partial charge in [-0.2, -0.15) is 23.0 Å². The van der Waals surface area contributed by atoms with E-state index in [1.165, 1.54) is 6.92 Å². The van der Waals surface area contributed by atoms with E-state index in [1.54, 1.807) is 0 Å². The molecule has 0 atom stereocenters. The van der Waals surface area contributed by atoms with Crippen molar-refractivity contribution in [1.29, 1.82) is 0 Å². The van der Waals surface area contributed by atoms with Gasteiger partial charge in [0.1, 0.15) is 0 Å². The van der Waals surface area contributed by atoms with Crippen LogP contribution in [0.5, 0.6) is 0 Å². The molecule has 1 aromatic rings. The highest BCUT2D eigenvalue weighted by molar-refractivity contribution is 5.67. The second-order valence-corrected chi connectivity index (χ2v) is 2.36. The van der Waals surface area contributed by atoms with Crippen molar-refractivity contribution in [2.24, 2.45) is 0 Å². The van der Waals surface area contributed by atoms with Crippen LogP contribution in [0.3, 0.4) is 0 Å². The number of nitrogens with zero attached hydrogens (tertiary/aromatic N) is 2. The zero-order valence-electron chi connectivity index (χ0n) is 6.46. The highest BCUT2D eigenvalue weighted by Crippen LogP contribution is 2.28. The van der Waals surface area contributed by atoms with Gasteiger partial charge in [0.05, 0.1) is 0 Å². The maximum absolute atomic E-state index is 12.0. The number of hydrogen-bond donors (Lipinski definition) is 1. The molecule has 0 saturated heterocycles. The van der Waals surface area contributed by atoms with E-state index in [4.69, 9.17) is 5.11 Å². The molecule has 0 aromatic carbocycles. The van der Waals surface area contributed by atoms with E-state index in [-0.39, 0.29) is 10.4 Å². The molecule has 1 aromatic heterocycles. The normalized spacial score (nSPS) is 11.7. The molecule has 0 unspecified atom stereocenters. The number of rotatable bonds is 0. The van der Waals surface area contributed by atoms with Crippen LogP contribution in [0.1, 0.15) is 11.4 Å². The van der Waals surface area contributed by atoms with Gasteiger partial charge < -0.3 is 5.11 Å². The molecule has 0 bridgehead atoms. The Labute approximate surface area is 70.6 Å². The number of aryl methyl sites for hydroxylation is 1. The van der Waals surface area contributed by atoms with Crippen LogP contribution < -0.4 is 0 Å². The summed E-state index contributed by atoms with van der Waals surface area (Å²) in [5, 5.41) is 11.3. The van der Waals surface area contributed by atoms with Gasteiger partial charge in [-0.05, 0) is 13.0 Å². The maximum Gasteiger partial charge on any atom is 0.435 e. The topological polar surface area (TPSA) is 55.1 Å². The van der Waals surface area contributed by atoms with Gasteiger partial charge in [-0.1, -0.05) is 0 Å². The highest BCUT2D eigenvalue weighted by atomic mass is 19.4. The van der Waals surface area contributed by atoms with E-state index >= 15 is 0 Å². The van der Waals surface area contributed by atoms with Crippen LogP contribution in [0.4, 0.5) is 18.0 Å². The zero-order chi connectivity index (χ0) is 10.2. The minimum atomic E-state index is -4.61. The summed E-state index contributed by atoms with van der Waals surface area (Å²) in [6.07, 6.45) is -6.14. The van der Waals surface area contributed by atoms with Gasteiger partial charge in [0.25, 0.3) is 0 Å². The van der Waals surface area contributed by atoms with Gasteiger partial charge in [-0.15, -0.1) is 0 Å². The average molecular weight is 194 g/mol. The average Bonchev–Trinajstić information content (AvgIpc) is 2.29. The summed E-state index contributed by atoms with van der Waals surface area (Å²) >= 11 is 0. The molecule has 1 heterocycles. The van der Waals surface area contributed by atoms with Gasteiger partial charge in [0, 0.05) is 5.69 Å². The highest BCUT2D eigenvalue weighted by Gasteiger charge is 2.35. The van der Waals surface area contributed by atoms with Crippen molar-refractivity contribution in [3.63, 3.8) is 0 Å². The van der Waals surface area contributed by atoms with Gasteiger partial charge in [-0.25, -0.2) is 4.79 Å². The predicted octanol–water partition coefficient (Wildman–Crippen LogP) is 1.74. The van der Waals surface area contributed by atoms with Crippen molar-refractivity contribution in [1.82, 2.24) is 9.78 Å². The van der Waals surface area contributed by atoms with E-state index < -0.39 is 18.0 Å². The standard InChI is InChI=1S/C6H5F3N2O2/c1-3-2-4(6(7,8)9)10-11(3)5(12)13/h2H,1H3,(H,12,13). The Hall–Kier alpha value is -1.53. The van der Waals surface area contributed by atoms with Gasteiger partial charge in [0.15, 0.2) is 5.69 Å². The molecule has 72 valence electrons. The molecule has 0 spiro atoms. The van der Waals surface area contributed by atoms with Gasteiger partial charge in [0.2, 0.25) is 0 Å². The minimum absolute atomic E-state index is 0.0696. The Morgan fingerprint density at radius 3 is 2.38 bits per heavy atom. The third kappa shape index (κ3) is 1.79. The predicted molar refractivity (Wildman–Crippen MR) is 35.4 cm³/mol. The van der Waals surface area contributed by atoms with Gasteiger partial charge in [-0.3, -0.25) is 0 Å². The number of alkyl halides is 3. The summed E-state index contributed by atoms with van der Waals surface area (Å²) in [5.41, 5.74) is -1.27. The van der Waals surface area contributed by atoms with Crippen LogP contribution in [0.2, 0.25) is 0 Å². The Bertz CT molecular complexity index is 342. The third-order valence-electron chi connectivity index (χ3n) is 1.36. The molecule has 1 rings (SSSR count). The van der Waals surface area contributed by atoms with Crippen LogP contribution in [0.15, 0.2) is 6.07 Å². The molecule has 0 aliphatic carbocycles. The fraction of sp³-hybridized carbons (Fsp3) is 0.333. The number of aromatic nitrogens is 2. The monoisotopic (exact) mass is 194 g/mol. The lowest BCUT2D eigenvalue weighted by Gasteiger charge is -1.99. The molecule has 1 N–H and O–H groups in total. The molecule has 4 nitrogen and oxygen atoms in total. The van der Waals surface area contributed by atoms with E-state index in [9.17, 15) is 18.0 Å². The number of hydrogen-bond acceptors (Lipinski definition) is 2. The Morgan fingerprint density at radius 2 is 2.15 bits per heavy atom. The molecular formula is C6H5F3N2O2. The van der Waals surface area contributed by atoms with Crippen LogP contribution in [-0.2, 0) is 6.18 Å². The largest absolute Gasteiger partial charge is 0.463 e. The van der Waals surface area contributed by atoms with Crippen LogP contribution in [-0.4, -0.2) is 21.0 Å². The van der Waals surface area contributed by atoms with Crippen molar-refractivity contribution in [2.45, 2.75) is 13.1 Å².